The zero-order valence-electron chi connectivity index (χ0n) is 9.31. The Morgan fingerprint density at radius 2 is 1.72 bits per heavy atom. The summed E-state index contributed by atoms with van der Waals surface area (Å²) < 4.78 is 5.54. The number of furan rings is 1. The molecule has 0 N–H and O–H groups in total. The van der Waals surface area contributed by atoms with Gasteiger partial charge in [-0.2, -0.15) is 0 Å². The number of hydrogen-bond donors (Lipinski definition) is 0. The SMILES string of the molecule is [Ir].[c-]1coc2c1c1ncccc1c1ccccc12. The summed E-state index contributed by atoms with van der Waals surface area (Å²) in [6, 6.07) is 15.4. The maximum atomic E-state index is 5.54. The van der Waals surface area contributed by atoms with Crippen LogP contribution < -0.4 is 0 Å². The largest absolute Gasteiger partial charge is 0.535 e. The zero-order chi connectivity index (χ0) is 11.2. The van der Waals surface area contributed by atoms with Crippen molar-refractivity contribution >= 4 is 32.6 Å². The minimum Gasteiger partial charge on any atom is -0.535 e. The van der Waals surface area contributed by atoms with E-state index in [9.17, 15) is 0 Å². The van der Waals surface area contributed by atoms with Crippen molar-refractivity contribution in [1.29, 1.82) is 0 Å². The van der Waals surface area contributed by atoms with E-state index in [1.54, 1.807) is 12.5 Å². The average molecular weight is 410 g/mol. The predicted molar refractivity (Wildman–Crippen MR) is 67.9 cm³/mol. The van der Waals surface area contributed by atoms with Gasteiger partial charge < -0.3 is 9.40 Å². The normalized spacial score (nSPS) is 10.9. The fourth-order valence-electron chi connectivity index (χ4n) is 2.38. The van der Waals surface area contributed by atoms with Crippen LogP contribution >= 0.6 is 0 Å². The summed E-state index contributed by atoms with van der Waals surface area (Å²) in [5.74, 6) is 0. The molecule has 4 aromatic rings. The molecule has 1 radical (unpaired) electrons. The number of nitrogens with zero attached hydrogens (tertiary/aromatic N) is 1. The van der Waals surface area contributed by atoms with Crippen LogP contribution in [0.4, 0.5) is 0 Å². The molecule has 0 atom stereocenters. The molecular formula is C15H8IrNO-. The Balaban J connectivity index is 0.000001000. The Labute approximate surface area is 117 Å². The number of hydrogen-bond acceptors (Lipinski definition) is 2. The van der Waals surface area contributed by atoms with E-state index in [-0.39, 0.29) is 20.1 Å². The average Bonchev–Trinajstić information content (AvgIpc) is 2.89. The van der Waals surface area contributed by atoms with E-state index in [1.807, 2.05) is 18.2 Å². The van der Waals surface area contributed by atoms with E-state index < -0.39 is 0 Å². The first kappa shape index (κ1) is 11.4. The first-order chi connectivity index (χ1) is 8.45. The molecule has 2 aromatic heterocycles. The van der Waals surface area contributed by atoms with Gasteiger partial charge in [-0.25, -0.2) is 0 Å². The molecule has 3 heteroatoms. The van der Waals surface area contributed by atoms with E-state index in [1.165, 1.54) is 5.39 Å². The topological polar surface area (TPSA) is 26.0 Å². The molecule has 0 aliphatic heterocycles. The van der Waals surface area contributed by atoms with Gasteiger partial charge in [0, 0.05) is 38.1 Å². The number of benzene rings is 2. The van der Waals surface area contributed by atoms with E-state index in [4.69, 9.17) is 4.42 Å². The molecule has 89 valence electrons. The van der Waals surface area contributed by atoms with Gasteiger partial charge >= 0.3 is 0 Å². The molecule has 0 saturated heterocycles. The summed E-state index contributed by atoms with van der Waals surface area (Å²) in [5, 5.41) is 4.39. The van der Waals surface area contributed by atoms with Crippen molar-refractivity contribution in [2.45, 2.75) is 0 Å². The summed E-state index contributed by atoms with van der Waals surface area (Å²) in [6.07, 6.45) is 3.41. The van der Waals surface area contributed by atoms with Gasteiger partial charge in [0.25, 0.3) is 0 Å². The summed E-state index contributed by atoms with van der Waals surface area (Å²) >= 11 is 0. The molecule has 0 amide bonds. The summed E-state index contributed by atoms with van der Waals surface area (Å²) in [6.45, 7) is 0. The minimum absolute atomic E-state index is 0. The third-order valence-electron chi connectivity index (χ3n) is 3.11. The van der Waals surface area contributed by atoms with Crippen LogP contribution in [0.3, 0.4) is 0 Å². The van der Waals surface area contributed by atoms with Gasteiger partial charge in [0.2, 0.25) is 0 Å². The van der Waals surface area contributed by atoms with Crippen molar-refractivity contribution in [1.82, 2.24) is 4.98 Å². The molecule has 0 unspecified atom stereocenters. The number of rotatable bonds is 0. The molecule has 0 saturated carbocycles. The smallest absolute Gasteiger partial charge is 0.0297 e. The van der Waals surface area contributed by atoms with Gasteiger partial charge in [-0.3, -0.25) is 0 Å². The molecule has 0 fully saturated rings. The van der Waals surface area contributed by atoms with Gasteiger partial charge in [0.05, 0.1) is 0 Å². The molecule has 2 aromatic carbocycles. The first-order valence-electron chi connectivity index (χ1n) is 5.49. The quantitative estimate of drug-likeness (QED) is 0.324. The maximum Gasteiger partial charge on any atom is 0.0297 e. The van der Waals surface area contributed by atoms with E-state index in [0.717, 1.165) is 27.3 Å². The Morgan fingerprint density at radius 1 is 0.944 bits per heavy atom. The Bertz CT molecular complexity index is 781. The van der Waals surface area contributed by atoms with Crippen molar-refractivity contribution in [3.63, 3.8) is 0 Å². The Hall–Kier alpha value is -1.70. The first-order valence-corrected chi connectivity index (χ1v) is 5.49. The molecule has 2 heterocycles. The zero-order valence-corrected chi connectivity index (χ0v) is 11.7. The fourth-order valence-corrected chi connectivity index (χ4v) is 2.38. The van der Waals surface area contributed by atoms with Crippen molar-refractivity contribution in [3.05, 3.63) is 54.9 Å². The van der Waals surface area contributed by atoms with Crippen LogP contribution in [0.5, 0.6) is 0 Å². The second kappa shape index (κ2) is 4.20. The van der Waals surface area contributed by atoms with E-state index in [0.29, 0.717) is 0 Å². The van der Waals surface area contributed by atoms with Crippen LogP contribution in [-0.4, -0.2) is 4.98 Å². The van der Waals surface area contributed by atoms with Gasteiger partial charge in [-0.05, 0) is 27.7 Å². The predicted octanol–water partition coefficient (Wildman–Crippen LogP) is 3.93. The van der Waals surface area contributed by atoms with E-state index >= 15 is 0 Å². The van der Waals surface area contributed by atoms with Crippen molar-refractivity contribution < 1.29 is 24.5 Å². The molecule has 4 rings (SSSR count). The van der Waals surface area contributed by atoms with Crippen molar-refractivity contribution in [2.24, 2.45) is 0 Å². The van der Waals surface area contributed by atoms with Gasteiger partial charge in [-0.1, -0.05) is 30.3 Å². The monoisotopic (exact) mass is 411 g/mol. The molecule has 18 heavy (non-hydrogen) atoms. The third kappa shape index (κ3) is 1.41. The molecule has 2 nitrogen and oxygen atoms in total. The summed E-state index contributed by atoms with van der Waals surface area (Å²) in [7, 11) is 0. The Morgan fingerprint density at radius 3 is 2.61 bits per heavy atom. The van der Waals surface area contributed by atoms with Gasteiger partial charge in [0.1, 0.15) is 0 Å². The molecule has 0 bridgehead atoms. The number of aromatic nitrogens is 1. The van der Waals surface area contributed by atoms with Crippen LogP contribution in [-0.2, 0) is 20.1 Å². The van der Waals surface area contributed by atoms with Crippen LogP contribution in [0.1, 0.15) is 0 Å². The second-order valence-corrected chi connectivity index (χ2v) is 4.03. The molecule has 0 aliphatic rings. The summed E-state index contributed by atoms with van der Waals surface area (Å²) in [5.41, 5.74) is 1.82. The van der Waals surface area contributed by atoms with Crippen molar-refractivity contribution in [3.8, 4) is 0 Å². The number of fused-ring (bicyclic) bond motifs is 6. The van der Waals surface area contributed by atoms with Gasteiger partial charge in [0.15, 0.2) is 0 Å². The number of pyridine rings is 1. The maximum absolute atomic E-state index is 5.54. The van der Waals surface area contributed by atoms with Crippen LogP contribution in [0, 0.1) is 6.07 Å². The van der Waals surface area contributed by atoms with E-state index in [2.05, 4.69) is 29.2 Å². The molecule has 0 aliphatic carbocycles. The van der Waals surface area contributed by atoms with Crippen LogP contribution in [0.25, 0.3) is 32.6 Å². The van der Waals surface area contributed by atoms with Crippen LogP contribution in [0.2, 0.25) is 0 Å². The third-order valence-corrected chi connectivity index (χ3v) is 3.11. The van der Waals surface area contributed by atoms with Gasteiger partial charge in [-0.15, -0.1) is 11.5 Å². The van der Waals surface area contributed by atoms with Crippen LogP contribution in [0.15, 0.2) is 53.3 Å². The molecule has 0 spiro atoms. The second-order valence-electron chi connectivity index (χ2n) is 4.03. The standard InChI is InChI=1S/C15H8NO.Ir/c1-2-5-12-10(4-1)11-6-3-8-16-14(11)13-7-9-17-15(12)13;/h1-6,8-9H;/q-1;. The summed E-state index contributed by atoms with van der Waals surface area (Å²) in [4.78, 5) is 4.44. The Kier molecular flexibility index (Phi) is 2.66. The fraction of sp³-hybridized carbons (Fsp3) is 0. The minimum atomic E-state index is 0. The molecular weight excluding hydrogens is 402 g/mol. The van der Waals surface area contributed by atoms with Crippen molar-refractivity contribution in [2.75, 3.05) is 0 Å².